The van der Waals surface area contributed by atoms with E-state index in [1.54, 1.807) is 24.3 Å². The van der Waals surface area contributed by atoms with E-state index < -0.39 is 11.8 Å². The third-order valence-electron chi connectivity index (χ3n) is 2.84. The molecule has 110 valence electrons. The molecule has 0 amide bonds. The van der Waals surface area contributed by atoms with Gasteiger partial charge in [-0.15, -0.1) is 0 Å². The fourth-order valence-corrected chi connectivity index (χ4v) is 2.14. The Kier molecular flexibility index (Phi) is 4.80. The molecule has 0 spiro atoms. The number of carbonyl (C=O) groups is 1. The van der Waals surface area contributed by atoms with Gasteiger partial charge in [-0.1, -0.05) is 28.1 Å². The Bertz CT molecular complexity index is 676. The highest BCUT2D eigenvalue weighted by molar-refractivity contribution is 9.10. The zero-order chi connectivity index (χ0) is 15.4. The van der Waals surface area contributed by atoms with E-state index in [1.807, 2.05) is 0 Å². The van der Waals surface area contributed by atoms with Crippen molar-refractivity contribution in [2.24, 2.45) is 0 Å². The summed E-state index contributed by atoms with van der Waals surface area (Å²) >= 11 is 3.16. The van der Waals surface area contributed by atoms with E-state index in [4.69, 9.17) is 15.2 Å². The van der Waals surface area contributed by atoms with Crippen LogP contribution in [0.15, 0.2) is 40.9 Å². The van der Waals surface area contributed by atoms with Crippen LogP contribution in [0.5, 0.6) is 5.75 Å². The van der Waals surface area contributed by atoms with Crippen LogP contribution in [0, 0.1) is 5.82 Å². The normalized spacial score (nSPS) is 10.2. The highest BCUT2D eigenvalue weighted by Gasteiger charge is 2.16. The quantitative estimate of drug-likeness (QED) is 0.674. The minimum Gasteiger partial charge on any atom is -0.494 e. The van der Waals surface area contributed by atoms with Gasteiger partial charge >= 0.3 is 5.97 Å². The minimum atomic E-state index is -0.624. The summed E-state index contributed by atoms with van der Waals surface area (Å²) in [5.41, 5.74) is 6.54. The molecule has 0 radical (unpaired) electrons. The third-order valence-corrected chi connectivity index (χ3v) is 3.34. The molecule has 0 unspecified atom stereocenters. The van der Waals surface area contributed by atoms with Crippen molar-refractivity contribution in [1.29, 1.82) is 0 Å². The molecule has 2 aromatic rings. The van der Waals surface area contributed by atoms with Crippen LogP contribution in [-0.4, -0.2) is 13.1 Å². The van der Waals surface area contributed by atoms with E-state index in [2.05, 4.69) is 15.9 Å². The number of benzene rings is 2. The lowest BCUT2D eigenvalue weighted by Gasteiger charge is -2.11. The molecule has 2 N–H and O–H groups in total. The predicted octanol–water partition coefficient (Wildman–Crippen LogP) is 3.54. The van der Waals surface area contributed by atoms with Crippen LogP contribution >= 0.6 is 15.9 Å². The monoisotopic (exact) mass is 353 g/mol. The summed E-state index contributed by atoms with van der Waals surface area (Å²) in [6.45, 7) is -0.171. The number of anilines is 1. The maximum atomic E-state index is 13.6. The number of carbonyl (C=O) groups excluding carboxylic acids is 1. The van der Waals surface area contributed by atoms with Gasteiger partial charge in [0.05, 0.1) is 12.8 Å². The Hall–Kier alpha value is -2.08. The van der Waals surface area contributed by atoms with Gasteiger partial charge in [0, 0.05) is 10.0 Å². The standard InChI is InChI=1S/C15H13BrFNO3/c1-20-14-11(3-2-4-13(14)18)15(19)21-8-9-5-6-10(16)7-12(9)17/h2-7H,8,18H2,1H3. The van der Waals surface area contributed by atoms with Crippen LogP contribution < -0.4 is 10.5 Å². The number of methoxy groups -OCH3 is 1. The van der Waals surface area contributed by atoms with Crippen molar-refractivity contribution in [2.75, 3.05) is 12.8 Å². The number of nitrogens with two attached hydrogens (primary N) is 1. The molecular weight excluding hydrogens is 341 g/mol. The number of hydrogen-bond donors (Lipinski definition) is 1. The summed E-state index contributed by atoms with van der Waals surface area (Å²) in [6, 6.07) is 9.30. The topological polar surface area (TPSA) is 61.5 Å². The zero-order valence-electron chi connectivity index (χ0n) is 11.2. The SMILES string of the molecule is COc1c(N)cccc1C(=O)OCc1ccc(Br)cc1F. The molecular formula is C15H13BrFNO3. The van der Waals surface area contributed by atoms with Gasteiger partial charge in [-0.25, -0.2) is 9.18 Å². The van der Waals surface area contributed by atoms with Crippen molar-refractivity contribution < 1.29 is 18.7 Å². The van der Waals surface area contributed by atoms with Gasteiger partial charge in [0.25, 0.3) is 0 Å². The molecule has 0 aliphatic heterocycles. The molecule has 0 heterocycles. The lowest BCUT2D eigenvalue weighted by atomic mass is 10.1. The van der Waals surface area contributed by atoms with Crippen LogP contribution in [0.25, 0.3) is 0 Å². The van der Waals surface area contributed by atoms with Crippen molar-refractivity contribution in [2.45, 2.75) is 6.61 Å². The van der Waals surface area contributed by atoms with Gasteiger partial charge in [0.2, 0.25) is 0 Å². The molecule has 0 saturated carbocycles. The van der Waals surface area contributed by atoms with E-state index in [9.17, 15) is 9.18 Å². The number of rotatable bonds is 4. The van der Waals surface area contributed by atoms with Gasteiger partial charge in [-0.05, 0) is 24.3 Å². The van der Waals surface area contributed by atoms with Crippen molar-refractivity contribution >= 4 is 27.6 Å². The first-order valence-electron chi connectivity index (χ1n) is 6.06. The Labute approximate surface area is 129 Å². The third kappa shape index (κ3) is 3.52. The molecule has 0 fully saturated rings. The number of halogens is 2. The number of nitrogen functional groups attached to an aromatic ring is 1. The molecule has 2 rings (SSSR count). The lowest BCUT2D eigenvalue weighted by Crippen LogP contribution is -2.09. The molecule has 0 saturated heterocycles. The first-order valence-corrected chi connectivity index (χ1v) is 6.85. The Balaban J connectivity index is 2.14. The highest BCUT2D eigenvalue weighted by Crippen LogP contribution is 2.27. The second kappa shape index (κ2) is 6.58. The van der Waals surface area contributed by atoms with Gasteiger partial charge in [0.1, 0.15) is 18.0 Å². The predicted molar refractivity (Wildman–Crippen MR) is 80.6 cm³/mol. The van der Waals surface area contributed by atoms with E-state index in [-0.39, 0.29) is 23.5 Å². The summed E-state index contributed by atoms with van der Waals surface area (Å²) in [6.07, 6.45) is 0. The molecule has 0 atom stereocenters. The molecule has 4 nitrogen and oxygen atoms in total. The number of esters is 1. The Morgan fingerprint density at radius 3 is 2.76 bits per heavy atom. The van der Waals surface area contributed by atoms with E-state index in [0.717, 1.165) is 0 Å². The number of para-hydroxylation sites is 1. The van der Waals surface area contributed by atoms with Crippen LogP contribution in [0.1, 0.15) is 15.9 Å². The molecule has 6 heteroatoms. The van der Waals surface area contributed by atoms with Crippen LogP contribution in [-0.2, 0) is 11.3 Å². The van der Waals surface area contributed by atoms with Crippen LogP contribution in [0.3, 0.4) is 0 Å². The largest absolute Gasteiger partial charge is 0.494 e. The van der Waals surface area contributed by atoms with Gasteiger partial charge in [-0.2, -0.15) is 0 Å². The smallest absolute Gasteiger partial charge is 0.342 e. The number of ether oxygens (including phenoxy) is 2. The summed E-state index contributed by atoms with van der Waals surface area (Å²) in [5.74, 6) is -0.822. The fourth-order valence-electron chi connectivity index (χ4n) is 1.80. The second-order valence-electron chi connectivity index (χ2n) is 4.24. The zero-order valence-corrected chi connectivity index (χ0v) is 12.8. The Morgan fingerprint density at radius 2 is 2.10 bits per heavy atom. The first kappa shape index (κ1) is 15.3. The maximum Gasteiger partial charge on any atom is 0.342 e. The van der Waals surface area contributed by atoms with Gasteiger partial charge < -0.3 is 15.2 Å². The Morgan fingerprint density at radius 1 is 1.33 bits per heavy atom. The van der Waals surface area contributed by atoms with Crippen molar-refractivity contribution in [1.82, 2.24) is 0 Å². The second-order valence-corrected chi connectivity index (χ2v) is 5.16. The molecule has 0 aliphatic rings. The number of hydrogen-bond acceptors (Lipinski definition) is 4. The van der Waals surface area contributed by atoms with E-state index >= 15 is 0 Å². The fraction of sp³-hybridized carbons (Fsp3) is 0.133. The molecule has 0 bridgehead atoms. The van der Waals surface area contributed by atoms with Crippen LogP contribution in [0.2, 0.25) is 0 Å². The van der Waals surface area contributed by atoms with Crippen molar-refractivity contribution in [3.05, 3.63) is 57.8 Å². The van der Waals surface area contributed by atoms with Crippen LogP contribution in [0.4, 0.5) is 10.1 Å². The lowest BCUT2D eigenvalue weighted by molar-refractivity contribution is 0.0465. The first-order chi connectivity index (χ1) is 10.0. The summed E-state index contributed by atoms with van der Waals surface area (Å²) in [4.78, 5) is 12.0. The summed E-state index contributed by atoms with van der Waals surface area (Å²) in [7, 11) is 1.41. The van der Waals surface area contributed by atoms with E-state index in [0.29, 0.717) is 10.2 Å². The summed E-state index contributed by atoms with van der Waals surface area (Å²) < 4.78 is 24.5. The highest BCUT2D eigenvalue weighted by atomic mass is 79.9. The van der Waals surface area contributed by atoms with Crippen molar-refractivity contribution in [3.8, 4) is 5.75 Å². The minimum absolute atomic E-state index is 0.171. The average molecular weight is 354 g/mol. The average Bonchev–Trinajstić information content (AvgIpc) is 2.45. The molecule has 0 aromatic heterocycles. The molecule has 0 aliphatic carbocycles. The molecule has 21 heavy (non-hydrogen) atoms. The van der Waals surface area contributed by atoms with Crippen molar-refractivity contribution in [3.63, 3.8) is 0 Å². The van der Waals surface area contributed by atoms with E-state index in [1.165, 1.54) is 19.2 Å². The van der Waals surface area contributed by atoms with Gasteiger partial charge in [0.15, 0.2) is 5.75 Å². The summed E-state index contributed by atoms with van der Waals surface area (Å²) in [5, 5.41) is 0. The van der Waals surface area contributed by atoms with Gasteiger partial charge in [-0.3, -0.25) is 0 Å². The molecule has 2 aromatic carbocycles. The maximum absolute atomic E-state index is 13.6.